The van der Waals surface area contributed by atoms with Crippen LogP contribution in [0.15, 0.2) is 24.3 Å². The van der Waals surface area contributed by atoms with Gasteiger partial charge in [0.15, 0.2) is 0 Å². The predicted octanol–water partition coefficient (Wildman–Crippen LogP) is 1.93. The molecular formula is C18H22N2O2S. The number of likely N-dealkylation sites (tertiary alicyclic amines) is 1. The maximum Gasteiger partial charge on any atom is 0.246 e. The molecule has 2 amide bonds. The van der Waals surface area contributed by atoms with Crippen molar-refractivity contribution in [2.75, 3.05) is 24.7 Å². The van der Waals surface area contributed by atoms with Crippen LogP contribution in [0.1, 0.15) is 24.0 Å². The Balaban J connectivity index is 1.46. The van der Waals surface area contributed by atoms with Gasteiger partial charge in [-0.15, -0.1) is 11.8 Å². The largest absolute Gasteiger partial charge is 0.341 e. The van der Waals surface area contributed by atoms with Crippen molar-refractivity contribution in [2.24, 2.45) is 5.92 Å². The first-order valence-electron chi connectivity index (χ1n) is 8.48. The van der Waals surface area contributed by atoms with Gasteiger partial charge < -0.3 is 9.80 Å². The van der Waals surface area contributed by atoms with Crippen molar-refractivity contribution in [3.63, 3.8) is 0 Å². The summed E-state index contributed by atoms with van der Waals surface area (Å²) in [5, 5.41) is 0. The van der Waals surface area contributed by atoms with Gasteiger partial charge in [0.05, 0.1) is 5.88 Å². The summed E-state index contributed by atoms with van der Waals surface area (Å²) in [6, 6.07) is 8.07. The van der Waals surface area contributed by atoms with Crippen molar-refractivity contribution < 1.29 is 9.59 Å². The molecule has 2 aliphatic heterocycles. The smallest absolute Gasteiger partial charge is 0.246 e. The van der Waals surface area contributed by atoms with E-state index in [2.05, 4.69) is 12.1 Å². The summed E-state index contributed by atoms with van der Waals surface area (Å²) in [4.78, 5) is 29.5. The monoisotopic (exact) mass is 330 g/mol. The molecule has 1 aliphatic carbocycles. The number of carbonyl (C=O) groups is 2. The Kier molecular flexibility index (Phi) is 4.05. The van der Waals surface area contributed by atoms with Crippen LogP contribution in [0.4, 0.5) is 0 Å². The average molecular weight is 330 g/mol. The standard InChI is InChI=1S/C18H22N2O2S/c21-17(15-9-13-5-1-2-6-14(13)10-15)20-12-23-11-16(20)18(22)19-7-3-4-8-19/h1-2,5-6,15-16H,3-4,7-12H2. The minimum Gasteiger partial charge on any atom is -0.341 e. The van der Waals surface area contributed by atoms with Crippen LogP contribution < -0.4 is 0 Å². The first-order chi connectivity index (χ1) is 11.2. The highest BCUT2D eigenvalue weighted by Crippen LogP contribution is 2.31. The zero-order valence-electron chi connectivity index (χ0n) is 13.2. The zero-order chi connectivity index (χ0) is 15.8. The van der Waals surface area contributed by atoms with Crippen molar-refractivity contribution in [1.82, 2.24) is 9.80 Å². The van der Waals surface area contributed by atoms with Gasteiger partial charge in [-0.3, -0.25) is 9.59 Å². The molecule has 1 aromatic carbocycles. The number of hydrogen-bond acceptors (Lipinski definition) is 3. The molecule has 122 valence electrons. The molecule has 3 aliphatic rings. The van der Waals surface area contributed by atoms with E-state index in [0.717, 1.165) is 44.5 Å². The predicted molar refractivity (Wildman–Crippen MR) is 91.1 cm³/mol. The quantitative estimate of drug-likeness (QED) is 0.832. The molecule has 4 nitrogen and oxygen atoms in total. The summed E-state index contributed by atoms with van der Waals surface area (Å²) < 4.78 is 0. The number of benzene rings is 1. The number of carbonyl (C=O) groups excluding carboxylic acids is 2. The molecular weight excluding hydrogens is 308 g/mol. The third-order valence-electron chi connectivity index (χ3n) is 5.27. The van der Waals surface area contributed by atoms with E-state index in [4.69, 9.17) is 0 Å². The highest BCUT2D eigenvalue weighted by molar-refractivity contribution is 7.99. The van der Waals surface area contributed by atoms with Crippen molar-refractivity contribution in [3.8, 4) is 0 Å². The molecule has 0 bridgehead atoms. The number of thioether (sulfide) groups is 1. The average Bonchev–Trinajstić information content (AvgIpc) is 3.32. The lowest BCUT2D eigenvalue weighted by Gasteiger charge is -2.28. The van der Waals surface area contributed by atoms with Gasteiger partial charge in [-0.25, -0.2) is 0 Å². The molecule has 5 heteroatoms. The highest BCUT2D eigenvalue weighted by atomic mass is 32.2. The van der Waals surface area contributed by atoms with Crippen LogP contribution in [-0.4, -0.2) is 52.4 Å². The molecule has 0 spiro atoms. The fraction of sp³-hybridized carbons (Fsp3) is 0.556. The van der Waals surface area contributed by atoms with E-state index in [9.17, 15) is 9.59 Å². The number of hydrogen-bond donors (Lipinski definition) is 0. The van der Waals surface area contributed by atoms with Crippen LogP contribution in [-0.2, 0) is 22.4 Å². The van der Waals surface area contributed by atoms with Gasteiger partial charge in [0.25, 0.3) is 0 Å². The second kappa shape index (κ2) is 6.19. The second-order valence-corrected chi connectivity index (χ2v) is 7.73. The fourth-order valence-electron chi connectivity index (χ4n) is 3.98. The van der Waals surface area contributed by atoms with E-state index in [1.54, 1.807) is 11.8 Å². The molecule has 23 heavy (non-hydrogen) atoms. The molecule has 2 fully saturated rings. The van der Waals surface area contributed by atoms with Crippen LogP contribution in [0.5, 0.6) is 0 Å². The Morgan fingerprint density at radius 1 is 1.00 bits per heavy atom. The third kappa shape index (κ3) is 2.75. The van der Waals surface area contributed by atoms with Crippen LogP contribution in [0, 0.1) is 5.92 Å². The van der Waals surface area contributed by atoms with E-state index in [0.29, 0.717) is 5.88 Å². The van der Waals surface area contributed by atoms with Gasteiger partial charge in [-0.05, 0) is 36.8 Å². The van der Waals surface area contributed by atoms with E-state index < -0.39 is 0 Å². The van der Waals surface area contributed by atoms with Gasteiger partial charge in [0.1, 0.15) is 6.04 Å². The Morgan fingerprint density at radius 2 is 1.65 bits per heavy atom. The summed E-state index contributed by atoms with van der Waals surface area (Å²) >= 11 is 1.71. The molecule has 2 saturated heterocycles. The Bertz CT molecular complexity index is 602. The van der Waals surface area contributed by atoms with Gasteiger partial charge in [0, 0.05) is 24.8 Å². The summed E-state index contributed by atoms with van der Waals surface area (Å²) in [5.74, 6) is 1.76. The lowest BCUT2D eigenvalue weighted by molar-refractivity contribution is -0.144. The summed E-state index contributed by atoms with van der Waals surface area (Å²) in [5.41, 5.74) is 2.58. The van der Waals surface area contributed by atoms with Gasteiger partial charge in [0.2, 0.25) is 11.8 Å². The first kappa shape index (κ1) is 15.1. The van der Waals surface area contributed by atoms with Gasteiger partial charge >= 0.3 is 0 Å². The highest BCUT2D eigenvalue weighted by Gasteiger charge is 2.41. The van der Waals surface area contributed by atoms with Gasteiger partial charge in [-0.1, -0.05) is 24.3 Å². The summed E-state index contributed by atoms with van der Waals surface area (Å²) in [6.45, 7) is 1.72. The number of rotatable bonds is 2. The van der Waals surface area contributed by atoms with Crippen LogP contribution in [0.3, 0.4) is 0 Å². The Morgan fingerprint density at radius 3 is 2.30 bits per heavy atom. The molecule has 1 unspecified atom stereocenters. The minimum atomic E-state index is -0.241. The van der Waals surface area contributed by atoms with Crippen molar-refractivity contribution in [3.05, 3.63) is 35.4 Å². The maximum atomic E-state index is 13.0. The molecule has 4 rings (SSSR count). The topological polar surface area (TPSA) is 40.6 Å². The normalized spacial score (nSPS) is 24.3. The lowest BCUT2D eigenvalue weighted by Crippen LogP contribution is -2.49. The van der Waals surface area contributed by atoms with Crippen molar-refractivity contribution in [2.45, 2.75) is 31.7 Å². The molecule has 0 saturated carbocycles. The third-order valence-corrected chi connectivity index (χ3v) is 6.28. The van der Waals surface area contributed by atoms with Crippen LogP contribution in [0.25, 0.3) is 0 Å². The first-order valence-corrected chi connectivity index (χ1v) is 9.63. The lowest BCUT2D eigenvalue weighted by atomic mass is 10.0. The summed E-state index contributed by atoms with van der Waals surface area (Å²) in [7, 11) is 0. The van der Waals surface area contributed by atoms with Crippen LogP contribution >= 0.6 is 11.8 Å². The minimum absolute atomic E-state index is 0.0139. The summed E-state index contributed by atoms with van der Waals surface area (Å²) in [6.07, 6.45) is 3.83. The van der Waals surface area contributed by atoms with E-state index in [1.807, 2.05) is 21.9 Å². The Hall–Kier alpha value is -1.49. The van der Waals surface area contributed by atoms with Gasteiger partial charge in [-0.2, -0.15) is 0 Å². The van der Waals surface area contributed by atoms with Crippen molar-refractivity contribution in [1.29, 1.82) is 0 Å². The Labute approximate surface area is 141 Å². The van der Waals surface area contributed by atoms with E-state index >= 15 is 0 Å². The molecule has 0 N–H and O–H groups in total. The number of nitrogens with zero attached hydrogens (tertiary/aromatic N) is 2. The number of fused-ring (bicyclic) bond motifs is 1. The molecule has 1 aromatic rings. The molecule has 0 radical (unpaired) electrons. The fourth-order valence-corrected chi connectivity index (χ4v) is 5.14. The SMILES string of the molecule is O=C(C1CSCN1C(=O)C1Cc2ccccc2C1)N1CCCC1. The number of amides is 2. The van der Waals surface area contributed by atoms with Crippen molar-refractivity contribution >= 4 is 23.6 Å². The van der Waals surface area contributed by atoms with Crippen LogP contribution in [0.2, 0.25) is 0 Å². The second-order valence-electron chi connectivity index (χ2n) is 6.73. The van der Waals surface area contributed by atoms with E-state index in [1.165, 1.54) is 11.1 Å². The molecule has 0 aromatic heterocycles. The zero-order valence-corrected chi connectivity index (χ0v) is 14.1. The maximum absolute atomic E-state index is 13.0. The molecule has 2 heterocycles. The molecule has 1 atom stereocenters. The van der Waals surface area contributed by atoms with E-state index in [-0.39, 0.29) is 23.8 Å².